The van der Waals surface area contributed by atoms with Crippen LogP contribution in [0.15, 0.2) is 41.0 Å². The fourth-order valence-corrected chi connectivity index (χ4v) is 2.65. The van der Waals surface area contributed by atoms with Gasteiger partial charge in [-0.15, -0.1) is 0 Å². The van der Waals surface area contributed by atoms with Crippen LogP contribution < -0.4 is 4.90 Å². The summed E-state index contributed by atoms with van der Waals surface area (Å²) >= 11 is 3.60. The van der Waals surface area contributed by atoms with Crippen LogP contribution in [-0.4, -0.2) is 11.5 Å². The summed E-state index contributed by atoms with van der Waals surface area (Å²) in [6.07, 6.45) is 1.90. The SMILES string of the molecule is CCN(c1cccc(C)c1)c1ncc(C)cc1Br. The van der Waals surface area contributed by atoms with E-state index in [1.54, 1.807) is 0 Å². The van der Waals surface area contributed by atoms with Crippen molar-refractivity contribution >= 4 is 27.4 Å². The van der Waals surface area contributed by atoms with Crippen molar-refractivity contribution in [2.45, 2.75) is 20.8 Å². The average Bonchev–Trinajstić information content (AvgIpc) is 2.33. The molecule has 0 fully saturated rings. The highest BCUT2D eigenvalue weighted by Crippen LogP contribution is 2.30. The molecular weight excluding hydrogens is 288 g/mol. The van der Waals surface area contributed by atoms with Crippen LogP contribution in [0.4, 0.5) is 11.5 Å². The van der Waals surface area contributed by atoms with Crippen molar-refractivity contribution in [3.8, 4) is 0 Å². The third kappa shape index (κ3) is 2.72. The van der Waals surface area contributed by atoms with Crippen molar-refractivity contribution in [2.75, 3.05) is 11.4 Å². The van der Waals surface area contributed by atoms with Crippen molar-refractivity contribution in [1.82, 2.24) is 4.98 Å². The van der Waals surface area contributed by atoms with Crippen LogP contribution in [0.25, 0.3) is 0 Å². The predicted octanol–water partition coefficient (Wildman–Crippen LogP) is 4.62. The number of anilines is 2. The number of aryl methyl sites for hydroxylation is 2. The van der Waals surface area contributed by atoms with Gasteiger partial charge in [0, 0.05) is 18.4 Å². The lowest BCUT2D eigenvalue weighted by Gasteiger charge is -2.23. The molecule has 0 amide bonds. The van der Waals surface area contributed by atoms with Gasteiger partial charge in [-0.3, -0.25) is 0 Å². The number of hydrogen-bond donors (Lipinski definition) is 0. The Bertz CT molecular complexity index is 552. The van der Waals surface area contributed by atoms with E-state index in [1.807, 2.05) is 13.1 Å². The van der Waals surface area contributed by atoms with Gasteiger partial charge in [-0.2, -0.15) is 0 Å². The highest BCUT2D eigenvalue weighted by Gasteiger charge is 2.12. The molecule has 0 unspecified atom stereocenters. The summed E-state index contributed by atoms with van der Waals surface area (Å²) in [5.74, 6) is 0.966. The topological polar surface area (TPSA) is 16.1 Å². The Labute approximate surface area is 117 Å². The van der Waals surface area contributed by atoms with E-state index in [4.69, 9.17) is 0 Å². The van der Waals surface area contributed by atoms with E-state index in [0.29, 0.717) is 0 Å². The maximum Gasteiger partial charge on any atom is 0.147 e. The third-order valence-electron chi connectivity index (χ3n) is 2.84. The molecule has 0 aliphatic heterocycles. The Morgan fingerprint density at radius 2 is 1.94 bits per heavy atom. The van der Waals surface area contributed by atoms with Gasteiger partial charge in [0.2, 0.25) is 0 Å². The maximum atomic E-state index is 4.53. The number of benzene rings is 1. The molecule has 0 N–H and O–H groups in total. The van der Waals surface area contributed by atoms with Gasteiger partial charge in [-0.05, 0) is 66.0 Å². The van der Waals surface area contributed by atoms with E-state index < -0.39 is 0 Å². The lowest BCUT2D eigenvalue weighted by Crippen LogP contribution is -2.18. The molecule has 1 aromatic carbocycles. The van der Waals surface area contributed by atoms with Crippen LogP contribution in [0.1, 0.15) is 18.1 Å². The first-order chi connectivity index (χ1) is 8.61. The molecule has 2 rings (SSSR count). The zero-order chi connectivity index (χ0) is 13.1. The van der Waals surface area contributed by atoms with Crippen LogP contribution in [0, 0.1) is 13.8 Å². The van der Waals surface area contributed by atoms with Gasteiger partial charge in [0.25, 0.3) is 0 Å². The lowest BCUT2D eigenvalue weighted by atomic mass is 10.2. The summed E-state index contributed by atoms with van der Waals surface area (Å²) in [7, 11) is 0. The molecular formula is C15H17BrN2. The van der Waals surface area contributed by atoms with E-state index in [0.717, 1.165) is 22.4 Å². The molecule has 0 aliphatic rings. The molecule has 3 heteroatoms. The highest BCUT2D eigenvalue weighted by molar-refractivity contribution is 9.10. The zero-order valence-corrected chi connectivity index (χ0v) is 12.5. The molecule has 0 spiro atoms. The fourth-order valence-electron chi connectivity index (χ4n) is 1.98. The van der Waals surface area contributed by atoms with Gasteiger partial charge in [0.15, 0.2) is 0 Å². The fraction of sp³-hybridized carbons (Fsp3) is 0.267. The molecule has 1 heterocycles. The standard InChI is InChI=1S/C15H17BrN2/c1-4-18(13-7-5-6-11(2)8-13)15-14(16)9-12(3)10-17-15/h5-10H,4H2,1-3H3. The first kappa shape index (κ1) is 13.1. The number of halogens is 1. The molecule has 2 aromatic rings. The molecule has 0 bridgehead atoms. The number of pyridine rings is 1. The van der Waals surface area contributed by atoms with Crippen molar-refractivity contribution in [3.05, 3.63) is 52.1 Å². The average molecular weight is 305 g/mol. The Hall–Kier alpha value is -1.35. The quantitative estimate of drug-likeness (QED) is 0.822. The molecule has 2 nitrogen and oxygen atoms in total. The second-order valence-electron chi connectivity index (χ2n) is 4.40. The summed E-state index contributed by atoms with van der Waals surface area (Å²) in [6.45, 7) is 7.17. The van der Waals surface area contributed by atoms with Crippen LogP contribution in [0.2, 0.25) is 0 Å². The molecule has 18 heavy (non-hydrogen) atoms. The van der Waals surface area contributed by atoms with Gasteiger partial charge in [0.1, 0.15) is 5.82 Å². The van der Waals surface area contributed by atoms with Gasteiger partial charge >= 0.3 is 0 Å². The second-order valence-corrected chi connectivity index (χ2v) is 5.26. The van der Waals surface area contributed by atoms with Gasteiger partial charge < -0.3 is 4.90 Å². The lowest BCUT2D eigenvalue weighted by molar-refractivity contribution is 0.980. The monoisotopic (exact) mass is 304 g/mol. The van der Waals surface area contributed by atoms with E-state index in [-0.39, 0.29) is 0 Å². The highest BCUT2D eigenvalue weighted by atomic mass is 79.9. The zero-order valence-electron chi connectivity index (χ0n) is 10.9. The first-order valence-electron chi connectivity index (χ1n) is 6.08. The Morgan fingerprint density at radius 3 is 2.56 bits per heavy atom. The summed E-state index contributed by atoms with van der Waals surface area (Å²) in [6, 6.07) is 10.6. The molecule has 0 aliphatic carbocycles. The smallest absolute Gasteiger partial charge is 0.147 e. The number of rotatable bonds is 3. The predicted molar refractivity (Wildman–Crippen MR) is 80.5 cm³/mol. The van der Waals surface area contributed by atoms with Gasteiger partial charge in [-0.1, -0.05) is 12.1 Å². The van der Waals surface area contributed by atoms with Crippen molar-refractivity contribution < 1.29 is 0 Å². The van der Waals surface area contributed by atoms with Crippen molar-refractivity contribution in [2.24, 2.45) is 0 Å². The summed E-state index contributed by atoms with van der Waals surface area (Å²) < 4.78 is 1.03. The van der Waals surface area contributed by atoms with Crippen LogP contribution in [0.3, 0.4) is 0 Å². The first-order valence-corrected chi connectivity index (χ1v) is 6.87. The number of hydrogen-bond acceptors (Lipinski definition) is 2. The second kappa shape index (κ2) is 5.53. The minimum atomic E-state index is 0.887. The Kier molecular flexibility index (Phi) is 4.02. The largest absolute Gasteiger partial charge is 0.326 e. The Morgan fingerprint density at radius 1 is 1.17 bits per heavy atom. The van der Waals surface area contributed by atoms with Crippen LogP contribution >= 0.6 is 15.9 Å². The van der Waals surface area contributed by atoms with E-state index in [1.165, 1.54) is 11.3 Å². The van der Waals surface area contributed by atoms with E-state index >= 15 is 0 Å². The van der Waals surface area contributed by atoms with Gasteiger partial charge in [0.05, 0.1) is 4.47 Å². The summed E-state index contributed by atoms with van der Waals surface area (Å²) in [4.78, 5) is 6.74. The molecule has 0 saturated heterocycles. The van der Waals surface area contributed by atoms with E-state index in [2.05, 4.69) is 70.0 Å². The van der Waals surface area contributed by atoms with Crippen LogP contribution in [-0.2, 0) is 0 Å². The minimum absolute atomic E-state index is 0.887. The van der Waals surface area contributed by atoms with Crippen molar-refractivity contribution in [1.29, 1.82) is 0 Å². The number of aromatic nitrogens is 1. The van der Waals surface area contributed by atoms with E-state index in [9.17, 15) is 0 Å². The normalized spacial score (nSPS) is 10.4. The van der Waals surface area contributed by atoms with Gasteiger partial charge in [-0.25, -0.2) is 4.98 Å². The molecule has 1 aromatic heterocycles. The summed E-state index contributed by atoms with van der Waals surface area (Å²) in [5.41, 5.74) is 3.59. The molecule has 0 radical (unpaired) electrons. The van der Waals surface area contributed by atoms with Crippen molar-refractivity contribution in [3.63, 3.8) is 0 Å². The maximum absolute atomic E-state index is 4.53. The minimum Gasteiger partial charge on any atom is -0.326 e. The number of nitrogens with zero attached hydrogens (tertiary/aromatic N) is 2. The molecule has 0 saturated carbocycles. The Balaban J connectivity index is 2.45. The molecule has 94 valence electrons. The third-order valence-corrected chi connectivity index (χ3v) is 3.43. The van der Waals surface area contributed by atoms with Crippen LogP contribution in [0.5, 0.6) is 0 Å². The summed E-state index contributed by atoms with van der Waals surface area (Å²) in [5, 5.41) is 0. The molecule has 0 atom stereocenters.